The summed E-state index contributed by atoms with van der Waals surface area (Å²) in [4.78, 5) is 26.4. The summed E-state index contributed by atoms with van der Waals surface area (Å²) in [6, 6.07) is 10.6. The van der Waals surface area contributed by atoms with Gasteiger partial charge in [0.15, 0.2) is 0 Å². The molecule has 2 N–H and O–H groups in total. The molecule has 6 rings (SSSR count). The molecule has 0 bridgehead atoms. The van der Waals surface area contributed by atoms with Gasteiger partial charge in [-0.05, 0) is 55.3 Å². The number of benzene rings is 1. The van der Waals surface area contributed by atoms with Gasteiger partial charge in [0.1, 0.15) is 17.2 Å². The van der Waals surface area contributed by atoms with Crippen LogP contribution in [0.25, 0.3) is 22.2 Å². The minimum Gasteiger partial charge on any atom is -0.492 e. The fourth-order valence-electron chi connectivity index (χ4n) is 4.88. The summed E-state index contributed by atoms with van der Waals surface area (Å²) < 4.78 is 7.38. The number of aryl methyl sites for hydroxylation is 1. The van der Waals surface area contributed by atoms with Crippen molar-refractivity contribution in [3.8, 4) is 16.9 Å². The van der Waals surface area contributed by atoms with E-state index in [4.69, 9.17) is 27.9 Å². The number of fused-ring (bicyclic) bond motifs is 2. The number of nitrogens with one attached hydrogen (secondary N) is 2. The van der Waals surface area contributed by atoms with Crippen LogP contribution in [0.4, 0.5) is 11.8 Å². The van der Waals surface area contributed by atoms with E-state index in [-0.39, 0.29) is 5.56 Å². The normalized spacial score (nSPS) is 20.6. The Labute approximate surface area is 211 Å². The van der Waals surface area contributed by atoms with Gasteiger partial charge in [-0.1, -0.05) is 29.3 Å². The third-order valence-electron chi connectivity index (χ3n) is 6.87. The molecule has 1 aliphatic carbocycles. The van der Waals surface area contributed by atoms with Gasteiger partial charge >= 0.3 is 0 Å². The SMILES string of the molecule is Cn1c(=O)c(-c2c(Cl)cccc2Cl)cc2cnc(Nc3ccc(OCC4[C@H]5CNC[C@@H]45)cn3)nc21. The number of hydrogen-bond acceptors (Lipinski definition) is 7. The summed E-state index contributed by atoms with van der Waals surface area (Å²) in [5.74, 6) is 3.83. The van der Waals surface area contributed by atoms with Crippen LogP contribution in [0, 0.1) is 17.8 Å². The second-order valence-electron chi connectivity index (χ2n) is 8.96. The zero-order chi connectivity index (χ0) is 24.1. The number of halogens is 2. The second-order valence-corrected chi connectivity index (χ2v) is 9.77. The van der Waals surface area contributed by atoms with Crippen molar-refractivity contribution in [3.63, 3.8) is 0 Å². The Bertz CT molecular complexity index is 1460. The zero-order valence-corrected chi connectivity index (χ0v) is 20.3. The van der Waals surface area contributed by atoms with E-state index >= 15 is 0 Å². The Hall–Kier alpha value is -3.20. The third kappa shape index (κ3) is 4.11. The van der Waals surface area contributed by atoms with E-state index in [9.17, 15) is 4.79 Å². The minimum atomic E-state index is -0.257. The Balaban J connectivity index is 1.21. The molecule has 178 valence electrons. The van der Waals surface area contributed by atoms with Crippen molar-refractivity contribution in [2.75, 3.05) is 25.0 Å². The lowest BCUT2D eigenvalue weighted by Crippen LogP contribution is -2.20. The zero-order valence-electron chi connectivity index (χ0n) is 18.8. The first-order chi connectivity index (χ1) is 17.0. The maximum Gasteiger partial charge on any atom is 0.259 e. The molecule has 3 aromatic heterocycles. The molecule has 35 heavy (non-hydrogen) atoms. The molecule has 0 radical (unpaired) electrons. The van der Waals surface area contributed by atoms with Gasteiger partial charge in [-0.2, -0.15) is 4.98 Å². The summed E-state index contributed by atoms with van der Waals surface area (Å²) in [6.07, 6.45) is 3.34. The average molecular weight is 509 g/mol. The highest BCUT2D eigenvalue weighted by atomic mass is 35.5. The average Bonchev–Trinajstić information content (AvgIpc) is 3.27. The summed E-state index contributed by atoms with van der Waals surface area (Å²) in [5, 5.41) is 7.98. The lowest BCUT2D eigenvalue weighted by Gasteiger charge is -2.12. The number of hydrogen-bond donors (Lipinski definition) is 2. The second kappa shape index (κ2) is 8.78. The summed E-state index contributed by atoms with van der Waals surface area (Å²) >= 11 is 12.7. The molecule has 2 aliphatic rings. The maximum absolute atomic E-state index is 13.1. The first-order valence-electron chi connectivity index (χ1n) is 11.4. The molecule has 4 aromatic rings. The fourth-order valence-corrected chi connectivity index (χ4v) is 5.48. The van der Waals surface area contributed by atoms with Crippen LogP contribution < -0.4 is 20.9 Å². The molecule has 1 aliphatic heterocycles. The fraction of sp³-hybridized carbons (Fsp3) is 0.280. The number of pyridine rings is 2. The van der Waals surface area contributed by atoms with E-state index in [1.807, 2.05) is 12.1 Å². The highest BCUT2D eigenvalue weighted by Crippen LogP contribution is 2.48. The predicted molar refractivity (Wildman–Crippen MR) is 137 cm³/mol. The maximum atomic E-state index is 13.1. The Morgan fingerprint density at radius 2 is 1.89 bits per heavy atom. The first kappa shape index (κ1) is 22.3. The monoisotopic (exact) mass is 508 g/mol. The molecule has 0 spiro atoms. The van der Waals surface area contributed by atoms with Crippen LogP contribution >= 0.6 is 23.2 Å². The molecular weight excluding hydrogens is 487 g/mol. The smallest absolute Gasteiger partial charge is 0.259 e. The van der Waals surface area contributed by atoms with E-state index < -0.39 is 0 Å². The highest BCUT2D eigenvalue weighted by molar-refractivity contribution is 6.39. The van der Waals surface area contributed by atoms with Gasteiger partial charge in [-0.25, -0.2) is 9.97 Å². The Morgan fingerprint density at radius 3 is 2.60 bits per heavy atom. The van der Waals surface area contributed by atoms with E-state index in [1.165, 1.54) is 4.57 Å². The molecule has 2 fully saturated rings. The van der Waals surface area contributed by atoms with Crippen LogP contribution in [-0.2, 0) is 7.05 Å². The summed E-state index contributed by atoms with van der Waals surface area (Å²) in [5.41, 5.74) is 1.10. The van der Waals surface area contributed by atoms with Crippen molar-refractivity contribution in [2.45, 2.75) is 0 Å². The van der Waals surface area contributed by atoms with Crippen molar-refractivity contribution in [1.29, 1.82) is 0 Å². The molecule has 0 amide bonds. The number of ether oxygens (including phenoxy) is 1. The Kier molecular flexibility index (Phi) is 5.59. The minimum absolute atomic E-state index is 0.257. The molecule has 4 heterocycles. The first-order valence-corrected chi connectivity index (χ1v) is 12.1. The van der Waals surface area contributed by atoms with Crippen molar-refractivity contribution >= 4 is 46.0 Å². The molecule has 3 atom stereocenters. The highest BCUT2D eigenvalue weighted by Gasteiger charge is 2.52. The van der Waals surface area contributed by atoms with Crippen molar-refractivity contribution in [2.24, 2.45) is 24.8 Å². The van der Waals surface area contributed by atoms with E-state index in [1.54, 1.807) is 43.7 Å². The van der Waals surface area contributed by atoms with Gasteiger partial charge in [-0.3, -0.25) is 9.36 Å². The van der Waals surface area contributed by atoms with Gasteiger partial charge in [-0.15, -0.1) is 0 Å². The Morgan fingerprint density at radius 1 is 1.11 bits per heavy atom. The topological polar surface area (TPSA) is 94.0 Å². The van der Waals surface area contributed by atoms with Gasteiger partial charge < -0.3 is 15.4 Å². The third-order valence-corrected chi connectivity index (χ3v) is 7.50. The van der Waals surface area contributed by atoms with Crippen LogP contribution in [-0.4, -0.2) is 39.2 Å². The number of rotatable bonds is 6. The molecule has 8 nitrogen and oxygen atoms in total. The van der Waals surface area contributed by atoms with Crippen LogP contribution in [0.1, 0.15) is 0 Å². The van der Waals surface area contributed by atoms with Gasteiger partial charge in [0.2, 0.25) is 5.95 Å². The quantitative estimate of drug-likeness (QED) is 0.401. The lowest BCUT2D eigenvalue weighted by atomic mass is 10.1. The summed E-state index contributed by atoms with van der Waals surface area (Å²) in [7, 11) is 1.66. The molecular formula is C25H22Cl2N6O2. The lowest BCUT2D eigenvalue weighted by molar-refractivity contribution is 0.279. The predicted octanol–water partition coefficient (Wildman–Crippen LogP) is 4.29. The van der Waals surface area contributed by atoms with Gasteiger partial charge in [0, 0.05) is 30.1 Å². The van der Waals surface area contributed by atoms with Crippen LogP contribution in [0.5, 0.6) is 5.75 Å². The van der Waals surface area contributed by atoms with Crippen molar-refractivity contribution < 1.29 is 4.74 Å². The van der Waals surface area contributed by atoms with Crippen molar-refractivity contribution in [1.82, 2.24) is 24.8 Å². The molecule has 1 saturated carbocycles. The standard InChI is InChI=1S/C25H22Cl2N6O2/c1-33-23-13(7-15(24(33)34)22-19(26)3-2-4-20(22)27)8-30-25(32-23)31-21-6-5-14(9-29-21)35-12-18-16-10-28-11-17(16)18/h2-9,16-18,28H,10-12H2,1H3,(H,29,30,31,32)/t16-,17+,18?. The molecule has 10 heteroatoms. The molecule has 1 saturated heterocycles. The van der Waals surface area contributed by atoms with Crippen LogP contribution in [0.15, 0.2) is 53.6 Å². The van der Waals surface area contributed by atoms with Crippen molar-refractivity contribution in [3.05, 3.63) is 69.2 Å². The molecule has 1 aromatic carbocycles. The largest absolute Gasteiger partial charge is 0.492 e. The van der Waals surface area contributed by atoms with Crippen LogP contribution in [0.3, 0.4) is 0 Å². The molecule has 1 unspecified atom stereocenters. The van der Waals surface area contributed by atoms with E-state index in [0.717, 1.165) is 37.3 Å². The number of aromatic nitrogens is 4. The summed E-state index contributed by atoms with van der Waals surface area (Å²) in [6.45, 7) is 2.94. The van der Waals surface area contributed by atoms with Crippen LogP contribution in [0.2, 0.25) is 10.0 Å². The van der Waals surface area contributed by atoms with Gasteiger partial charge in [0.05, 0.1) is 28.4 Å². The number of nitrogens with zero attached hydrogens (tertiary/aromatic N) is 4. The van der Waals surface area contributed by atoms with E-state index in [2.05, 4.69) is 25.6 Å². The number of piperidine rings is 1. The van der Waals surface area contributed by atoms with E-state index in [0.29, 0.717) is 49.9 Å². The van der Waals surface area contributed by atoms with Gasteiger partial charge in [0.25, 0.3) is 5.56 Å². The number of anilines is 2.